The molecule has 0 bridgehead atoms. The van der Waals surface area contributed by atoms with Gasteiger partial charge in [-0.3, -0.25) is 0 Å². The zero-order valence-corrected chi connectivity index (χ0v) is 13.6. The van der Waals surface area contributed by atoms with Crippen molar-refractivity contribution in [3.05, 3.63) is 0 Å². The molecule has 114 valence electrons. The van der Waals surface area contributed by atoms with E-state index in [-0.39, 0.29) is 17.8 Å². The van der Waals surface area contributed by atoms with Crippen molar-refractivity contribution in [1.82, 2.24) is 4.90 Å². The standard InChI is InChI=1S/C15H30N2O.ClH/c1-4-15(6-9-18-10-7-15)12-17-8-5-13(16)14(2,3)11-17;/h13H,4-12,16H2,1-3H3;1H. The van der Waals surface area contributed by atoms with Crippen LogP contribution in [-0.4, -0.2) is 43.8 Å². The second kappa shape index (κ2) is 6.75. The third-order valence-electron chi connectivity index (χ3n) is 5.25. The SMILES string of the molecule is CCC1(CN2CCC(N)C(C)(C)C2)CCOCC1.Cl. The molecule has 19 heavy (non-hydrogen) atoms. The number of halogens is 1. The second-order valence-corrected chi connectivity index (χ2v) is 7.06. The van der Waals surface area contributed by atoms with E-state index in [9.17, 15) is 0 Å². The summed E-state index contributed by atoms with van der Waals surface area (Å²) in [6, 6.07) is 0.362. The van der Waals surface area contributed by atoms with Crippen molar-refractivity contribution in [2.75, 3.05) is 32.8 Å². The Morgan fingerprint density at radius 1 is 1.26 bits per heavy atom. The monoisotopic (exact) mass is 290 g/mol. The molecule has 0 aromatic carbocycles. The Labute approximate surface area is 124 Å². The summed E-state index contributed by atoms with van der Waals surface area (Å²) in [5.74, 6) is 0. The largest absolute Gasteiger partial charge is 0.381 e. The maximum absolute atomic E-state index is 6.23. The van der Waals surface area contributed by atoms with E-state index in [2.05, 4.69) is 25.7 Å². The van der Waals surface area contributed by atoms with Crippen molar-refractivity contribution >= 4 is 12.4 Å². The first-order chi connectivity index (χ1) is 8.47. The highest BCUT2D eigenvalue weighted by atomic mass is 35.5. The molecule has 2 rings (SSSR count). The highest BCUT2D eigenvalue weighted by Crippen LogP contribution is 2.37. The van der Waals surface area contributed by atoms with Gasteiger partial charge in [0.25, 0.3) is 0 Å². The molecule has 2 fully saturated rings. The van der Waals surface area contributed by atoms with E-state index in [1.165, 1.54) is 32.4 Å². The predicted molar refractivity (Wildman–Crippen MR) is 82.8 cm³/mol. The lowest BCUT2D eigenvalue weighted by Gasteiger charge is -2.47. The molecule has 1 atom stereocenters. The van der Waals surface area contributed by atoms with Gasteiger partial charge in [0.05, 0.1) is 0 Å². The third-order valence-corrected chi connectivity index (χ3v) is 5.25. The van der Waals surface area contributed by atoms with Gasteiger partial charge in [-0.15, -0.1) is 12.4 Å². The van der Waals surface area contributed by atoms with Crippen molar-refractivity contribution in [1.29, 1.82) is 0 Å². The van der Waals surface area contributed by atoms with Crippen molar-refractivity contribution in [3.63, 3.8) is 0 Å². The summed E-state index contributed by atoms with van der Waals surface area (Å²) >= 11 is 0. The summed E-state index contributed by atoms with van der Waals surface area (Å²) in [5.41, 5.74) is 6.98. The first-order valence-corrected chi connectivity index (χ1v) is 7.53. The zero-order chi connectivity index (χ0) is 13.2. The summed E-state index contributed by atoms with van der Waals surface area (Å²) < 4.78 is 5.54. The Hall–Kier alpha value is 0.170. The molecule has 0 aromatic heterocycles. The van der Waals surface area contributed by atoms with Gasteiger partial charge >= 0.3 is 0 Å². The Morgan fingerprint density at radius 3 is 2.42 bits per heavy atom. The van der Waals surface area contributed by atoms with Gasteiger partial charge in [0.2, 0.25) is 0 Å². The highest BCUT2D eigenvalue weighted by molar-refractivity contribution is 5.85. The molecule has 0 saturated carbocycles. The molecule has 2 N–H and O–H groups in total. The molecule has 0 aliphatic carbocycles. The molecule has 2 heterocycles. The minimum Gasteiger partial charge on any atom is -0.381 e. The maximum Gasteiger partial charge on any atom is 0.0471 e. The van der Waals surface area contributed by atoms with Gasteiger partial charge in [-0.05, 0) is 43.1 Å². The number of hydrogen-bond donors (Lipinski definition) is 1. The van der Waals surface area contributed by atoms with Gasteiger partial charge in [-0.2, -0.15) is 0 Å². The van der Waals surface area contributed by atoms with Crippen LogP contribution in [0.4, 0.5) is 0 Å². The first kappa shape index (κ1) is 17.2. The number of nitrogens with two attached hydrogens (primary N) is 1. The van der Waals surface area contributed by atoms with Crippen LogP contribution in [0.1, 0.15) is 46.5 Å². The van der Waals surface area contributed by atoms with E-state index in [0.717, 1.165) is 26.2 Å². The first-order valence-electron chi connectivity index (χ1n) is 7.53. The van der Waals surface area contributed by atoms with Crippen molar-refractivity contribution < 1.29 is 4.74 Å². The van der Waals surface area contributed by atoms with E-state index in [1.807, 2.05) is 0 Å². The van der Waals surface area contributed by atoms with Crippen LogP contribution in [0.2, 0.25) is 0 Å². The molecule has 0 aromatic rings. The van der Waals surface area contributed by atoms with E-state index >= 15 is 0 Å². The summed E-state index contributed by atoms with van der Waals surface area (Å²) in [5, 5.41) is 0. The van der Waals surface area contributed by atoms with E-state index in [4.69, 9.17) is 10.5 Å². The fourth-order valence-electron chi connectivity index (χ4n) is 3.52. The predicted octanol–water partition coefficient (Wildman–Crippen LogP) is 2.67. The van der Waals surface area contributed by atoms with E-state index in [0.29, 0.717) is 11.5 Å². The maximum atomic E-state index is 6.23. The molecule has 0 spiro atoms. The molecule has 4 heteroatoms. The van der Waals surface area contributed by atoms with Gasteiger partial charge < -0.3 is 15.4 Å². The van der Waals surface area contributed by atoms with Crippen LogP contribution in [0, 0.1) is 10.8 Å². The quantitative estimate of drug-likeness (QED) is 0.868. The molecule has 2 saturated heterocycles. The lowest BCUT2D eigenvalue weighted by atomic mass is 9.75. The van der Waals surface area contributed by atoms with Gasteiger partial charge in [0.1, 0.15) is 0 Å². The molecule has 2 aliphatic heterocycles. The summed E-state index contributed by atoms with van der Waals surface area (Å²) in [7, 11) is 0. The molecule has 1 unspecified atom stereocenters. The lowest BCUT2D eigenvalue weighted by Crippen LogP contribution is -2.55. The Balaban J connectivity index is 0.00000180. The van der Waals surface area contributed by atoms with Crippen LogP contribution < -0.4 is 5.73 Å². The van der Waals surface area contributed by atoms with E-state index < -0.39 is 0 Å². The Morgan fingerprint density at radius 2 is 1.89 bits per heavy atom. The minimum atomic E-state index is 0. The normalized spacial score (nSPS) is 30.6. The van der Waals surface area contributed by atoms with Crippen LogP contribution in [0.25, 0.3) is 0 Å². The zero-order valence-electron chi connectivity index (χ0n) is 12.8. The average molecular weight is 291 g/mol. The summed E-state index contributed by atoms with van der Waals surface area (Å²) in [6.07, 6.45) is 4.88. The van der Waals surface area contributed by atoms with E-state index in [1.54, 1.807) is 0 Å². The van der Waals surface area contributed by atoms with Crippen LogP contribution >= 0.6 is 12.4 Å². The van der Waals surface area contributed by atoms with Gasteiger partial charge in [0, 0.05) is 32.3 Å². The van der Waals surface area contributed by atoms with Crippen LogP contribution in [0.3, 0.4) is 0 Å². The van der Waals surface area contributed by atoms with Gasteiger partial charge in [0.15, 0.2) is 0 Å². The van der Waals surface area contributed by atoms with Crippen LogP contribution in [0.5, 0.6) is 0 Å². The van der Waals surface area contributed by atoms with Gasteiger partial charge in [-0.1, -0.05) is 20.8 Å². The number of hydrogen-bond acceptors (Lipinski definition) is 3. The number of piperidine rings is 1. The topological polar surface area (TPSA) is 38.5 Å². The molecule has 0 amide bonds. The van der Waals surface area contributed by atoms with Crippen LogP contribution in [0.15, 0.2) is 0 Å². The Bertz CT molecular complexity index is 277. The number of likely N-dealkylation sites (tertiary alicyclic amines) is 1. The fraction of sp³-hybridized carbons (Fsp3) is 1.00. The fourth-order valence-corrected chi connectivity index (χ4v) is 3.52. The smallest absolute Gasteiger partial charge is 0.0471 e. The molecule has 3 nitrogen and oxygen atoms in total. The Kier molecular flexibility index (Phi) is 6.12. The molecular formula is C15H31ClN2O. The van der Waals surface area contributed by atoms with Gasteiger partial charge in [-0.25, -0.2) is 0 Å². The summed E-state index contributed by atoms with van der Waals surface area (Å²) in [6.45, 7) is 12.4. The minimum absolute atomic E-state index is 0. The average Bonchev–Trinajstić information content (AvgIpc) is 2.35. The number of nitrogens with zero attached hydrogens (tertiary/aromatic N) is 1. The number of ether oxygens (including phenoxy) is 1. The number of rotatable bonds is 3. The molecule has 2 aliphatic rings. The van der Waals surface area contributed by atoms with Crippen LogP contribution in [-0.2, 0) is 4.74 Å². The molecular weight excluding hydrogens is 260 g/mol. The highest BCUT2D eigenvalue weighted by Gasteiger charge is 2.38. The van der Waals surface area contributed by atoms with Crippen molar-refractivity contribution in [3.8, 4) is 0 Å². The second-order valence-electron chi connectivity index (χ2n) is 7.06. The van der Waals surface area contributed by atoms with Crippen molar-refractivity contribution in [2.24, 2.45) is 16.6 Å². The third kappa shape index (κ3) is 4.07. The molecule has 0 radical (unpaired) electrons. The summed E-state index contributed by atoms with van der Waals surface area (Å²) in [4.78, 5) is 2.65. The lowest BCUT2D eigenvalue weighted by molar-refractivity contribution is -0.0223. The van der Waals surface area contributed by atoms with Crippen molar-refractivity contribution in [2.45, 2.75) is 52.5 Å².